The van der Waals surface area contributed by atoms with Gasteiger partial charge in [-0.05, 0) is 25.0 Å². The molecule has 0 aliphatic carbocycles. The van der Waals surface area contributed by atoms with Crippen LogP contribution in [0.4, 0.5) is 5.69 Å². The van der Waals surface area contributed by atoms with Gasteiger partial charge in [-0.25, -0.2) is 0 Å². The van der Waals surface area contributed by atoms with Crippen LogP contribution in [-0.4, -0.2) is 5.91 Å². The van der Waals surface area contributed by atoms with E-state index in [-0.39, 0.29) is 63.2 Å². The molecular weight excluding hydrogens is 237 g/mol. The zero-order chi connectivity index (χ0) is 11.8. The average molecular weight is 258 g/mol. The fourth-order valence-electron chi connectivity index (χ4n) is 1.74. The molecule has 0 aliphatic rings. The molecule has 1 rings (SSSR count). The van der Waals surface area contributed by atoms with Crippen molar-refractivity contribution < 1.29 is 56.2 Å². The smallest absolute Gasteiger partial charge is 0.326 e. The molecule has 0 fully saturated rings. The molecule has 1 unspecified atom stereocenters. The predicted octanol–water partition coefficient (Wildman–Crippen LogP) is 0.845. The number of unbranched alkanes of at least 4 members (excludes halogenated alkanes) is 1. The summed E-state index contributed by atoms with van der Waals surface area (Å²) in [4.78, 5) is 11.9. The Balaban J connectivity index is 0.00000256. The molecular formula is C14H21KNO+. The standard InChI is InChI=1S/C14H21NO.K/c1-3-5-9-12(4-2)14(16)15-13-10-7-6-8-11-13;/h6-8,10-12H,3-5,9H2,1-2H3,(H,15,16);/q;+1. The Morgan fingerprint density at radius 2 is 1.88 bits per heavy atom. The molecule has 0 bridgehead atoms. The third kappa shape index (κ3) is 6.72. The second-order valence-electron chi connectivity index (χ2n) is 4.10. The van der Waals surface area contributed by atoms with Crippen LogP contribution in [0, 0.1) is 5.92 Å². The van der Waals surface area contributed by atoms with Crippen molar-refractivity contribution in [2.45, 2.75) is 39.5 Å². The third-order valence-corrected chi connectivity index (χ3v) is 2.81. The Morgan fingerprint density at radius 1 is 1.24 bits per heavy atom. The van der Waals surface area contributed by atoms with E-state index in [1.54, 1.807) is 0 Å². The Kier molecular flexibility index (Phi) is 10.5. The number of rotatable bonds is 6. The van der Waals surface area contributed by atoms with E-state index in [0.29, 0.717) is 0 Å². The minimum Gasteiger partial charge on any atom is -0.326 e. The summed E-state index contributed by atoms with van der Waals surface area (Å²) < 4.78 is 0. The summed E-state index contributed by atoms with van der Waals surface area (Å²) in [5, 5.41) is 2.96. The molecule has 88 valence electrons. The molecule has 2 nitrogen and oxygen atoms in total. The monoisotopic (exact) mass is 258 g/mol. The quantitative estimate of drug-likeness (QED) is 0.753. The van der Waals surface area contributed by atoms with Crippen molar-refractivity contribution in [2.24, 2.45) is 5.92 Å². The topological polar surface area (TPSA) is 29.1 Å². The zero-order valence-corrected chi connectivity index (χ0v) is 14.3. The van der Waals surface area contributed by atoms with Gasteiger partial charge in [0.2, 0.25) is 5.91 Å². The number of anilines is 1. The number of carbonyl (C=O) groups is 1. The van der Waals surface area contributed by atoms with Gasteiger partial charge in [0.15, 0.2) is 0 Å². The number of carbonyl (C=O) groups excluding carboxylic acids is 1. The molecule has 0 radical (unpaired) electrons. The van der Waals surface area contributed by atoms with Gasteiger partial charge in [0, 0.05) is 11.6 Å². The van der Waals surface area contributed by atoms with Gasteiger partial charge in [-0.15, -0.1) is 0 Å². The fraction of sp³-hybridized carbons (Fsp3) is 0.500. The molecule has 0 heterocycles. The summed E-state index contributed by atoms with van der Waals surface area (Å²) in [5.41, 5.74) is 0.891. The number of benzene rings is 1. The van der Waals surface area contributed by atoms with Gasteiger partial charge in [-0.1, -0.05) is 44.9 Å². The van der Waals surface area contributed by atoms with E-state index in [2.05, 4.69) is 19.2 Å². The maximum atomic E-state index is 11.9. The molecule has 1 aromatic carbocycles. The maximum Gasteiger partial charge on any atom is 1.00 e. The van der Waals surface area contributed by atoms with Crippen LogP contribution in [0.5, 0.6) is 0 Å². The van der Waals surface area contributed by atoms with Crippen LogP contribution in [0.3, 0.4) is 0 Å². The molecule has 0 aliphatic heterocycles. The normalized spacial score (nSPS) is 11.4. The molecule has 3 heteroatoms. The van der Waals surface area contributed by atoms with Crippen LogP contribution in [0.2, 0.25) is 0 Å². The fourth-order valence-corrected chi connectivity index (χ4v) is 1.74. The van der Waals surface area contributed by atoms with Gasteiger partial charge in [0.25, 0.3) is 0 Å². The van der Waals surface area contributed by atoms with Gasteiger partial charge in [0.1, 0.15) is 0 Å². The first kappa shape index (κ1) is 17.3. The molecule has 1 N–H and O–H groups in total. The van der Waals surface area contributed by atoms with Crippen LogP contribution < -0.4 is 56.7 Å². The molecule has 0 saturated heterocycles. The SMILES string of the molecule is CCCCC(CC)C(=O)Nc1ccccc1.[K+]. The van der Waals surface area contributed by atoms with E-state index in [9.17, 15) is 4.79 Å². The predicted molar refractivity (Wildman–Crippen MR) is 68.4 cm³/mol. The molecule has 0 aromatic heterocycles. The number of amides is 1. The van der Waals surface area contributed by atoms with Crippen LogP contribution >= 0.6 is 0 Å². The molecule has 1 atom stereocenters. The van der Waals surface area contributed by atoms with Crippen LogP contribution in [-0.2, 0) is 4.79 Å². The summed E-state index contributed by atoms with van der Waals surface area (Å²) in [6, 6.07) is 9.66. The summed E-state index contributed by atoms with van der Waals surface area (Å²) in [5.74, 6) is 0.308. The molecule has 0 spiro atoms. The Hall–Kier alpha value is 0.326. The van der Waals surface area contributed by atoms with Gasteiger partial charge in [0.05, 0.1) is 0 Å². The minimum atomic E-state index is 0. The van der Waals surface area contributed by atoms with Crippen molar-refractivity contribution in [3.63, 3.8) is 0 Å². The Bertz CT molecular complexity index is 313. The van der Waals surface area contributed by atoms with Crippen LogP contribution in [0.25, 0.3) is 0 Å². The number of hydrogen-bond acceptors (Lipinski definition) is 1. The van der Waals surface area contributed by atoms with E-state index in [1.807, 2.05) is 30.3 Å². The maximum absolute atomic E-state index is 11.9. The van der Waals surface area contributed by atoms with Crippen molar-refractivity contribution in [3.8, 4) is 0 Å². The molecule has 1 amide bonds. The van der Waals surface area contributed by atoms with E-state index in [4.69, 9.17) is 0 Å². The average Bonchev–Trinajstić information content (AvgIpc) is 2.31. The first-order chi connectivity index (χ1) is 7.77. The van der Waals surface area contributed by atoms with Gasteiger partial charge in [-0.3, -0.25) is 4.79 Å². The number of nitrogens with one attached hydrogen (secondary N) is 1. The zero-order valence-electron chi connectivity index (χ0n) is 11.2. The molecule has 1 aromatic rings. The van der Waals surface area contributed by atoms with Crippen molar-refractivity contribution in [1.29, 1.82) is 0 Å². The second-order valence-corrected chi connectivity index (χ2v) is 4.10. The van der Waals surface area contributed by atoms with Crippen LogP contribution in [0.1, 0.15) is 39.5 Å². The number of hydrogen-bond donors (Lipinski definition) is 1. The van der Waals surface area contributed by atoms with E-state index in [0.717, 1.165) is 31.4 Å². The Labute approximate surface area is 147 Å². The summed E-state index contributed by atoms with van der Waals surface area (Å²) >= 11 is 0. The van der Waals surface area contributed by atoms with Crippen LogP contribution in [0.15, 0.2) is 30.3 Å². The van der Waals surface area contributed by atoms with Gasteiger partial charge < -0.3 is 5.32 Å². The summed E-state index contributed by atoms with van der Waals surface area (Å²) in [6.07, 6.45) is 4.18. The summed E-state index contributed by atoms with van der Waals surface area (Å²) in [7, 11) is 0. The van der Waals surface area contributed by atoms with Gasteiger partial charge in [-0.2, -0.15) is 0 Å². The Morgan fingerprint density at radius 3 is 2.41 bits per heavy atom. The van der Waals surface area contributed by atoms with Crippen molar-refractivity contribution in [1.82, 2.24) is 0 Å². The summed E-state index contributed by atoms with van der Waals surface area (Å²) in [6.45, 7) is 4.23. The molecule has 0 saturated carbocycles. The first-order valence-electron chi connectivity index (χ1n) is 6.13. The van der Waals surface area contributed by atoms with E-state index in [1.165, 1.54) is 0 Å². The first-order valence-corrected chi connectivity index (χ1v) is 6.13. The third-order valence-electron chi connectivity index (χ3n) is 2.81. The minimum absolute atomic E-state index is 0. The van der Waals surface area contributed by atoms with E-state index < -0.39 is 0 Å². The van der Waals surface area contributed by atoms with E-state index >= 15 is 0 Å². The molecule has 17 heavy (non-hydrogen) atoms. The largest absolute Gasteiger partial charge is 1.00 e. The van der Waals surface area contributed by atoms with Gasteiger partial charge >= 0.3 is 51.4 Å². The van der Waals surface area contributed by atoms with Crippen molar-refractivity contribution >= 4 is 11.6 Å². The number of para-hydroxylation sites is 1. The van der Waals surface area contributed by atoms with Crippen molar-refractivity contribution in [3.05, 3.63) is 30.3 Å². The van der Waals surface area contributed by atoms with Crippen molar-refractivity contribution in [2.75, 3.05) is 5.32 Å². The second kappa shape index (κ2) is 10.3.